The third kappa shape index (κ3) is 3.55. The minimum Gasteiger partial charge on any atom is -0.287 e. The quantitative estimate of drug-likeness (QED) is 0.426. The van der Waals surface area contributed by atoms with Gasteiger partial charge in [-0.15, -0.1) is 0 Å². The van der Waals surface area contributed by atoms with E-state index in [2.05, 4.69) is 13.6 Å². The van der Waals surface area contributed by atoms with Gasteiger partial charge in [0, 0.05) is 13.1 Å². The predicted octanol–water partition coefficient (Wildman–Crippen LogP) is 1.11. The number of hydrogen-bond donors (Lipinski definition) is 0. The third-order valence-electron chi connectivity index (χ3n) is 2.02. The van der Waals surface area contributed by atoms with Gasteiger partial charge in [0.15, 0.2) is 0 Å². The molecule has 1 unspecified atom stereocenters. The first-order valence-corrected chi connectivity index (χ1v) is 6.14. The molecule has 0 spiro atoms. The van der Waals surface area contributed by atoms with E-state index in [9.17, 15) is 21.6 Å². The van der Waals surface area contributed by atoms with Crippen LogP contribution in [0, 0.1) is 0 Å². The second-order valence-electron chi connectivity index (χ2n) is 3.23. The highest BCUT2D eigenvalue weighted by atomic mass is 32.2. The summed E-state index contributed by atoms with van der Waals surface area (Å²) in [6.45, 7) is 1.01. The normalized spacial score (nSPS) is 21.9. The van der Waals surface area contributed by atoms with Gasteiger partial charge in [0.25, 0.3) is 0 Å². The van der Waals surface area contributed by atoms with E-state index in [0.717, 1.165) is 0 Å². The van der Waals surface area contributed by atoms with Gasteiger partial charge in [-0.25, -0.2) is 0 Å². The van der Waals surface area contributed by atoms with Crippen molar-refractivity contribution in [1.29, 1.82) is 0 Å². The molecular formula is C6H11F3NO3PS. The van der Waals surface area contributed by atoms with Gasteiger partial charge in [-0.1, -0.05) is 9.39 Å². The van der Waals surface area contributed by atoms with Crippen molar-refractivity contribution in [3.05, 3.63) is 0 Å². The van der Waals surface area contributed by atoms with Crippen molar-refractivity contribution in [1.82, 2.24) is 4.67 Å². The van der Waals surface area contributed by atoms with Crippen LogP contribution in [0.5, 0.6) is 0 Å². The van der Waals surface area contributed by atoms with Crippen LogP contribution in [0.1, 0.15) is 12.8 Å². The maximum Gasteiger partial charge on any atom is 0.523 e. The monoisotopic (exact) mass is 265 g/mol. The van der Waals surface area contributed by atoms with E-state index in [1.807, 2.05) is 4.67 Å². The van der Waals surface area contributed by atoms with Gasteiger partial charge in [0.1, 0.15) is 0 Å². The number of nitrogens with zero attached hydrogens (tertiary/aromatic N) is 1. The molecule has 1 heterocycles. The second-order valence-corrected chi connectivity index (χ2v) is 5.53. The Bertz CT molecular complexity index is 310. The Hall–Kier alpha value is 0.0900. The summed E-state index contributed by atoms with van der Waals surface area (Å²) in [4.78, 5) is 0. The summed E-state index contributed by atoms with van der Waals surface area (Å²) in [6.07, 6.45) is -0.314. The predicted molar refractivity (Wildman–Crippen MR) is 50.4 cm³/mol. The van der Waals surface area contributed by atoms with Gasteiger partial charge < -0.3 is 0 Å². The molecule has 0 radical (unpaired) electrons. The molecule has 1 fully saturated rings. The summed E-state index contributed by atoms with van der Waals surface area (Å²) >= 11 is 0. The zero-order valence-electron chi connectivity index (χ0n) is 7.70. The van der Waals surface area contributed by atoms with Crippen molar-refractivity contribution in [2.75, 3.05) is 13.1 Å². The number of rotatable bonds is 2. The van der Waals surface area contributed by atoms with Gasteiger partial charge >= 0.3 is 15.6 Å². The van der Waals surface area contributed by atoms with Crippen LogP contribution in [-0.2, 0) is 14.3 Å². The van der Waals surface area contributed by atoms with Gasteiger partial charge in [-0.3, -0.25) is 8.85 Å². The second kappa shape index (κ2) is 4.53. The zero-order valence-corrected chi connectivity index (χ0v) is 9.67. The molecule has 4 nitrogen and oxygen atoms in total. The maximum atomic E-state index is 11.9. The summed E-state index contributed by atoms with van der Waals surface area (Å²) in [5.41, 5.74) is -5.33. The lowest BCUT2D eigenvalue weighted by Gasteiger charge is -2.28. The molecule has 1 rings (SSSR count). The van der Waals surface area contributed by atoms with Crippen molar-refractivity contribution in [3.8, 4) is 0 Å². The summed E-state index contributed by atoms with van der Waals surface area (Å²) < 4.78 is 63.0. The number of alkyl halides is 3. The molecule has 0 N–H and O–H groups in total. The van der Waals surface area contributed by atoms with Crippen molar-refractivity contribution >= 4 is 19.5 Å². The first-order valence-electron chi connectivity index (χ1n) is 4.21. The average molecular weight is 265 g/mol. The van der Waals surface area contributed by atoms with E-state index in [1.54, 1.807) is 0 Å². The Morgan fingerprint density at radius 1 is 1.27 bits per heavy atom. The molecular weight excluding hydrogens is 254 g/mol. The summed E-state index contributed by atoms with van der Waals surface area (Å²) in [5.74, 6) is 0. The van der Waals surface area contributed by atoms with Crippen molar-refractivity contribution < 1.29 is 25.8 Å². The zero-order chi connectivity index (χ0) is 11.7. The highest BCUT2D eigenvalue weighted by molar-refractivity contribution is 7.87. The Kier molecular flexibility index (Phi) is 3.97. The molecule has 0 aromatic rings. The van der Waals surface area contributed by atoms with Crippen LogP contribution in [0.4, 0.5) is 13.2 Å². The fourth-order valence-electron chi connectivity index (χ4n) is 1.21. The summed E-state index contributed by atoms with van der Waals surface area (Å²) in [6, 6.07) is 0. The van der Waals surface area contributed by atoms with Crippen molar-refractivity contribution in [3.63, 3.8) is 0 Å². The molecule has 1 saturated heterocycles. The average Bonchev–Trinajstić information content (AvgIpc) is 2.06. The first kappa shape index (κ1) is 13.2. The lowest BCUT2D eigenvalue weighted by atomic mass is 10.1. The molecule has 0 aromatic heterocycles. The Morgan fingerprint density at radius 3 is 2.13 bits per heavy atom. The Balaban J connectivity index is 2.56. The molecule has 90 valence electrons. The number of hydrogen-bond acceptors (Lipinski definition) is 4. The Labute approximate surface area is 88.1 Å². The van der Waals surface area contributed by atoms with E-state index in [-0.39, 0.29) is 12.8 Å². The fourth-order valence-corrected chi connectivity index (χ4v) is 2.16. The van der Waals surface area contributed by atoms with E-state index in [0.29, 0.717) is 13.1 Å². The van der Waals surface area contributed by atoms with E-state index in [1.165, 1.54) is 0 Å². The molecule has 9 heteroatoms. The number of piperidine rings is 1. The minimum absolute atomic E-state index is 0.277. The van der Waals surface area contributed by atoms with E-state index in [4.69, 9.17) is 0 Å². The Morgan fingerprint density at radius 2 is 1.73 bits per heavy atom. The van der Waals surface area contributed by atoms with Crippen molar-refractivity contribution in [2.45, 2.75) is 24.5 Å². The van der Waals surface area contributed by atoms with Crippen LogP contribution in [0.25, 0.3) is 0 Å². The van der Waals surface area contributed by atoms with Gasteiger partial charge in [-0.2, -0.15) is 21.6 Å². The summed E-state index contributed by atoms with van der Waals surface area (Å²) in [7, 11) is -3.04. The van der Waals surface area contributed by atoms with Gasteiger partial charge in [0.05, 0.1) is 6.10 Å². The number of halogens is 3. The molecule has 1 atom stereocenters. The van der Waals surface area contributed by atoms with Crippen LogP contribution in [0.15, 0.2) is 0 Å². The molecule has 1 aliphatic rings. The van der Waals surface area contributed by atoms with Crippen LogP contribution in [0.3, 0.4) is 0 Å². The standard InChI is InChI=1S/C6H11F3NO3PS/c7-6(8,9)15(11,12)13-5-1-3-10(14)4-2-5/h5H,1-4,14H2. The molecule has 0 aromatic carbocycles. The molecule has 15 heavy (non-hydrogen) atoms. The van der Waals surface area contributed by atoms with Crippen molar-refractivity contribution in [2.24, 2.45) is 0 Å². The SMILES string of the molecule is O=S(=O)(OC1CCN(P)CC1)C(F)(F)F. The van der Waals surface area contributed by atoms with E-state index >= 15 is 0 Å². The van der Waals surface area contributed by atoms with Gasteiger partial charge in [0.2, 0.25) is 0 Å². The highest BCUT2D eigenvalue weighted by Gasteiger charge is 2.48. The van der Waals surface area contributed by atoms with Crippen LogP contribution in [0.2, 0.25) is 0 Å². The fraction of sp³-hybridized carbons (Fsp3) is 1.00. The highest BCUT2D eigenvalue weighted by Crippen LogP contribution is 2.28. The topological polar surface area (TPSA) is 46.6 Å². The van der Waals surface area contributed by atoms with Crippen LogP contribution < -0.4 is 0 Å². The lowest BCUT2D eigenvalue weighted by molar-refractivity contribution is -0.0587. The van der Waals surface area contributed by atoms with Gasteiger partial charge in [-0.05, 0) is 12.8 Å². The minimum atomic E-state index is -5.44. The molecule has 0 amide bonds. The summed E-state index contributed by atoms with van der Waals surface area (Å²) in [5, 5.41) is 0. The molecule has 0 aliphatic carbocycles. The molecule has 1 aliphatic heterocycles. The maximum absolute atomic E-state index is 11.9. The van der Waals surface area contributed by atoms with Crippen LogP contribution >= 0.6 is 9.39 Å². The van der Waals surface area contributed by atoms with Crippen LogP contribution in [-0.4, -0.2) is 37.8 Å². The third-order valence-corrected chi connectivity index (χ3v) is 3.63. The molecule has 0 saturated carbocycles. The van der Waals surface area contributed by atoms with E-state index < -0.39 is 21.7 Å². The smallest absolute Gasteiger partial charge is 0.287 e. The first-order chi connectivity index (χ1) is 6.72. The molecule has 0 bridgehead atoms. The largest absolute Gasteiger partial charge is 0.523 e. The lowest BCUT2D eigenvalue weighted by Crippen LogP contribution is -2.36.